The van der Waals surface area contributed by atoms with Crippen LogP contribution >= 0.6 is 0 Å². The number of piperazine rings is 1. The molecule has 5 rings (SSSR count). The van der Waals surface area contributed by atoms with E-state index >= 15 is 0 Å². The van der Waals surface area contributed by atoms with E-state index in [0.717, 1.165) is 18.7 Å². The van der Waals surface area contributed by atoms with Crippen molar-refractivity contribution < 1.29 is 18.7 Å². The number of aryl methyl sites for hydroxylation is 1. The van der Waals surface area contributed by atoms with E-state index in [1.54, 1.807) is 0 Å². The van der Waals surface area contributed by atoms with Crippen LogP contribution in [-0.2, 0) is 4.79 Å². The normalized spacial score (nSPS) is 19.6. The average Bonchev–Trinajstić information content (AvgIpc) is 3.34. The predicted molar refractivity (Wildman–Crippen MR) is 117 cm³/mol. The van der Waals surface area contributed by atoms with E-state index in [1.807, 2.05) is 60.4 Å². The fourth-order valence-corrected chi connectivity index (χ4v) is 4.05. The zero-order valence-electron chi connectivity index (χ0n) is 18.2. The average molecular weight is 434 g/mol. The monoisotopic (exact) mass is 434 g/mol. The second kappa shape index (κ2) is 8.63. The van der Waals surface area contributed by atoms with Gasteiger partial charge in [-0.05, 0) is 38.1 Å². The molecule has 2 atom stereocenters. The van der Waals surface area contributed by atoms with Crippen LogP contribution in [0.1, 0.15) is 24.4 Å². The number of amides is 1. The number of rotatable bonds is 4. The third-order valence-electron chi connectivity index (χ3n) is 6.05. The topological polar surface area (TPSA) is 80.9 Å². The lowest BCUT2D eigenvalue weighted by Crippen LogP contribution is -2.54. The molecule has 2 aliphatic heterocycles. The number of para-hydroxylation sites is 2. The minimum atomic E-state index is -0.609. The Morgan fingerprint density at radius 2 is 1.72 bits per heavy atom. The van der Waals surface area contributed by atoms with E-state index in [2.05, 4.69) is 22.0 Å². The fourth-order valence-electron chi connectivity index (χ4n) is 4.05. The first-order valence-corrected chi connectivity index (χ1v) is 10.9. The Balaban J connectivity index is 1.18. The van der Waals surface area contributed by atoms with Gasteiger partial charge in [0, 0.05) is 31.7 Å². The Hall–Kier alpha value is -3.39. The Morgan fingerprint density at radius 1 is 1.00 bits per heavy atom. The number of ether oxygens (including phenoxy) is 2. The molecule has 0 unspecified atom stereocenters. The van der Waals surface area contributed by atoms with E-state index in [-0.39, 0.29) is 18.6 Å². The van der Waals surface area contributed by atoms with Gasteiger partial charge in [-0.15, -0.1) is 10.2 Å². The van der Waals surface area contributed by atoms with Crippen molar-refractivity contribution in [2.75, 3.05) is 32.8 Å². The summed E-state index contributed by atoms with van der Waals surface area (Å²) in [4.78, 5) is 17.1. The number of hydrogen-bond donors (Lipinski definition) is 0. The molecule has 3 aromatic rings. The zero-order chi connectivity index (χ0) is 22.1. The molecule has 1 amide bonds. The molecule has 1 aromatic heterocycles. The lowest BCUT2D eigenvalue weighted by molar-refractivity contribution is -0.143. The van der Waals surface area contributed by atoms with Gasteiger partial charge in [0.2, 0.25) is 17.9 Å². The summed E-state index contributed by atoms with van der Waals surface area (Å²) in [5.74, 6) is 2.37. The summed E-state index contributed by atoms with van der Waals surface area (Å²) in [6.07, 6.45) is -0.609. The molecular formula is C24H26N4O4. The summed E-state index contributed by atoms with van der Waals surface area (Å²) in [7, 11) is 0. The van der Waals surface area contributed by atoms with E-state index in [1.165, 1.54) is 5.56 Å². The van der Waals surface area contributed by atoms with Crippen LogP contribution in [0.4, 0.5) is 0 Å². The number of carbonyl (C=O) groups is 1. The van der Waals surface area contributed by atoms with Gasteiger partial charge in [-0.1, -0.05) is 29.8 Å². The van der Waals surface area contributed by atoms with Crippen LogP contribution in [0.25, 0.3) is 11.5 Å². The van der Waals surface area contributed by atoms with E-state index in [0.29, 0.717) is 36.4 Å². The number of benzene rings is 2. The number of nitrogens with zero attached hydrogens (tertiary/aromatic N) is 4. The summed E-state index contributed by atoms with van der Waals surface area (Å²) in [6.45, 7) is 7.00. The first-order chi connectivity index (χ1) is 15.6. The SMILES string of the molecule is Cc1ccc(-c2nnc([C@H](C)N3CCN(C(=O)[C@@H]4COc5ccccc5O4)CC3)o2)cc1. The quantitative estimate of drug-likeness (QED) is 0.624. The molecule has 3 heterocycles. The summed E-state index contributed by atoms with van der Waals surface area (Å²) >= 11 is 0. The summed E-state index contributed by atoms with van der Waals surface area (Å²) < 4.78 is 17.5. The molecule has 166 valence electrons. The van der Waals surface area contributed by atoms with Crippen LogP contribution in [0.5, 0.6) is 11.5 Å². The van der Waals surface area contributed by atoms with Gasteiger partial charge in [0.15, 0.2) is 11.5 Å². The third kappa shape index (κ3) is 4.05. The summed E-state index contributed by atoms with van der Waals surface area (Å²) in [5.41, 5.74) is 2.09. The zero-order valence-corrected chi connectivity index (χ0v) is 18.2. The molecule has 1 fully saturated rings. The van der Waals surface area contributed by atoms with Gasteiger partial charge in [-0.3, -0.25) is 9.69 Å². The Kier molecular flexibility index (Phi) is 5.53. The molecule has 0 radical (unpaired) electrons. The standard InChI is InChI=1S/C24H26N4O4/c1-16-7-9-18(10-8-16)23-26-25-22(32-23)17(2)27-11-13-28(14-12-27)24(29)21-15-30-19-5-3-4-6-20(19)31-21/h3-10,17,21H,11-15H2,1-2H3/t17-,21-/m0/s1. The number of fused-ring (bicyclic) bond motifs is 1. The van der Waals surface area contributed by atoms with Crippen molar-refractivity contribution in [3.05, 3.63) is 60.0 Å². The molecule has 0 N–H and O–H groups in total. The predicted octanol–water partition coefficient (Wildman–Crippen LogP) is 3.09. The van der Waals surface area contributed by atoms with Crippen molar-refractivity contribution in [3.8, 4) is 23.0 Å². The highest BCUT2D eigenvalue weighted by Gasteiger charge is 2.34. The van der Waals surface area contributed by atoms with Gasteiger partial charge in [0.25, 0.3) is 5.91 Å². The first kappa shape index (κ1) is 20.5. The number of carbonyl (C=O) groups excluding carboxylic acids is 1. The Morgan fingerprint density at radius 3 is 2.47 bits per heavy atom. The summed E-state index contributed by atoms with van der Waals surface area (Å²) in [6, 6.07) is 15.4. The van der Waals surface area contributed by atoms with Crippen LogP contribution in [0.2, 0.25) is 0 Å². The molecule has 32 heavy (non-hydrogen) atoms. The highest BCUT2D eigenvalue weighted by atomic mass is 16.6. The van der Waals surface area contributed by atoms with Gasteiger partial charge in [-0.25, -0.2) is 0 Å². The lowest BCUT2D eigenvalue weighted by atomic mass is 10.1. The van der Waals surface area contributed by atoms with Crippen LogP contribution in [-0.4, -0.2) is 64.8 Å². The molecular weight excluding hydrogens is 408 g/mol. The highest BCUT2D eigenvalue weighted by Crippen LogP contribution is 2.31. The van der Waals surface area contributed by atoms with Crippen molar-refractivity contribution in [3.63, 3.8) is 0 Å². The maximum Gasteiger partial charge on any atom is 0.267 e. The molecule has 2 aromatic carbocycles. The molecule has 0 aliphatic carbocycles. The van der Waals surface area contributed by atoms with Crippen LogP contribution in [0, 0.1) is 6.92 Å². The minimum absolute atomic E-state index is 0.0277. The van der Waals surface area contributed by atoms with Gasteiger partial charge in [-0.2, -0.15) is 0 Å². The van der Waals surface area contributed by atoms with Crippen LogP contribution in [0.15, 0.2) is 52.9 Å². The maximum absolute atomic E-state index is 13.0. The van der Waals surface area contributed by atoms with Crippen molar-refractivity contribution in [2.45, 2.75) is 26.0 Å². The van der Waals surface area contributed by atoms with Crippen LogP contribution in [0.3, 0.4) is 0 Å². The van der Waals surface area contributed by atoms with Gasteiger partial charge in [0.1, 0.15) is 6.61 Å². The third-order valence-corrected chi connectivity index (χ3v) is 6.05. The summed E-state index contributed by atoms with van der Waals surface area (Å²) in [5, 5.41) is 8.48. The second-order valence-corrected chi connectivity index (χ2v) is 8.21. The molecule has 8 nitrogen and oxygen atoms in total. The molecule has 8 heteroatoms. The van der Waals surface area contributed by atoms with E-state index in [9.17, 15) is 4.79 Å². The minimum Gasteiger partial charge on any atom is -0.485 e. The fraction of sp³-hybridized carbons (Fsp3) is 0.375. The van der Waals surface area contributed by atoms with Crippen molar-refractivity contribution in [2.24, 2.45) is 0 Å². The van der Waals surface area contributed by atoms with Gasteiger partial charge in [0.05, 0.1) is 6.04 Å². The Bertz CT molecular complexity index is 1090. The maximum atomic E-state index is 13.0. The lowest BCUT2D eigenvalue weighted by Gasteiger charge is -2.38. The van der Waals surface area contributed by atoms with Gasteiger partial charge >= 0.3 is 0 Å². The van der Waals surface area contributed by atoms with Crippen LogP contribution < -0.4 is 9.47 Å². The molecule has 0 saturated carbocycles. The highest BCUT2D eigenvalue weighted by molar-refractivity contribution is 5.82. The van der Waals surface area contributed by atoms with Crippen molar-refractivity contribution in [1.82, 2.24) is 20.0 Å². The van der Waals surface area contributed by atoms with Gasteiger partial charge < -0.3 is 18.8 Å². The van der Waals surface area contributed by atoms with Crippen molar-refractivity contribution >= 4 is 5.91 Å². The molecule has 0 bridgehead atoms. The molecule has 0 spiro atoms. The largest absolute Gasteiger partial charge is 0.485 e. The van der Waals surface area contributed by atoms with Crippen molar-refractivity contribution in [1.29, 1.82) is 0 Å². The second-order valence-electron chi connectivity index (χ2n) is 8.21. The van der Waals surface area contributed by atoms with E-state index in [4.69, 9.17) is 13.9 Å². The first-order valence-electron chi connectivity index (χ1n) is 10.9. The molecule has 1 saturated heterocycles. The smallest absolute Gasteiger partial charge is 0.267 e. The molecule has 2 aliphatic rings. The van der Waals surface area contributed by atoms with E-state index < -0.39 is 6.10 Å². The Labute approximate surface area is 186 Å². The number of hydrogen-bond acceptors (Lipinski definition) is 7. The number of aromatic nitrogens is 2.